The molecule has 0 radical (unpaired) electrons. The van der Waals surface area contributed by atoms with Gasteiger partial charge in [0.05, 0.1) is 0 Å². The van der Waals surface area contributed by atoms with E-state index >= 15 is 0 Å². The second-order valence-corrected chi connectivity index (χ2v) is 5.57. The summed E-state index contributed by atoms with van der Waals surface area (Å²) in [5.74, 6) is 1.25. The molecule has 1 atom stereocenters. The molecule has 1 rings (SSSR count). The van der Waals surface area contributed by atoms with Crippen LogP contribution in [-0.4, -0.2) is 56.0 Å². The van der Waals surface area contributed by atoms with Gasteiger partial charge in [-0.25, -0.2) is 0 Å². The standard InChI is InChI=1S/C13H27N3O/c1-11(9-14)10-16(3)13(17)8-12-4-6-15(2)7-5-12/h11-12H,4-10,14H2,1-3H3. The molecule has 0 bridgehead atoms. The van der Waals surface area contributed by atoms with Crippen LogP contribution in [0, 0.1) is 11.8 Å². The molecule has 2 N–H and O–H groups in total. The van der Waals surface area contributed by atoms with Gasteiger partial charge >= 0.3 is 0 Å². The van der Waals surface area contributed by atoms with Crippen LogP contribution in [0.5, 0.6) is 0 Å². The fourth-order valence-electron chi connectivity index (χ4n) is 2.31. The molecule has 0 aliphatic carbocycles. The lowest BCUT2D eigenvalue weighted by molar-refractivity contribution is -0.131. The average Bonchev–Trinajstić information content (AvgIpc) is 2.31. The zero-order valence-electron chi connectivity index (χ0n) is 11.5. The van der Waals surface area contributed by atoms with Gasteiger partial charge < -0.3 is 15.5 Å². The average molecular weight is 241 g/mol. The van der Waals surface area contributed by atoms with E-state index in [4.69, 9.17) is 5.73 Å². The molecule has 1 aliphatic rings. The van der Waals surface area contributed by atoms with Crippen molar-refractivity contribution in [3.05, 3.63) is 0 Å². The van der Waals surface area contributed by atoms with E-state index in [1.807, 2.05) is 11.9 Å². The molecule has 17 heavy (non-hydrogen) atoms. The highest BCUT2D eigenvalue weighted by molar-refractivity contribution is 5.76. The molecule has 1 aliphatic heterocycles. The third kappa shape index (κ3) is 5.04. The summed E-state index contributed by atoms with van der Waals surface area (Å²) in [7, 11) is 4.04. The van der Waals surface area contributed by atoms with Crippen molar-refractivity contribution in [2.24, 2.45) is 17.6 Å². The van der Waals surface area contributed by atoms with Gasteiger partial charge in [-0.1, -0.05) is 6.92 Å². The molecular weight excluding hydrogens is 214 g/mol. The molecule has 0 saturated carbocycles. The Balaban J connectivity index is 2.28. The monoisotopic (exact) mass is 241 g/mol. The van der Waals surface area contributed by atoms with Crippen LogP contribution in [-0.2, 0) is 4.79 Å². The molecule has 0 spiro atoms. The molecule has 1 heterocycles. The van der Waals surface area contributed by atoms with Gasteiger partial charge in [0.15, 0.2) is 0 Å². The minimum atomic E-state index is 0.278. The van der Waals surface area contributed by atoms with Gasteiger partial charge in [0, 0.05) is 20.0 Å². The maximum atomic E-state index is 12.0. The fourth-order valence-corrected chi connectivity index (χ4v) is 2.31. The maximum Gasteiger partial charge on any atom is 0.222 e. The second kappa shape index (κ2) is 6.97. The van der Waals surface area contributed by atoms with Crippen LogP contribution in [0.3, 0.4) is 0 Å². The Kier molecular flexibility index (Phi) is 5.92. The molecule has 0 aromatic heterocycles. The summed E-state index contributed by atoms with van der Waals surface area (Å²) < 4.78 is 0. The van der Waals surface area contributed by atoms with E-state index < -0.39 is 0 Å². The van der Waals surface area contributed by atoms with Crippen molar-refractivity contribution in [1.82, 2.24) is 9.80 Å². The topological polar surface area (TPSA) is 49.6 Å². The van der Waals surface area contributed by atoms with E-state index in [0.717, 1.165) is 32.5 Å². The number of nitrogens with two attached hydrogens (primary N) is 1. The number of hydrogen-bond acceptors (Lipinski definition) is 3. The highest BCUT2D eigenvalue weighted by Gasteiger charge is 2.21. The number of piperidine rings is 1. The van der Waals surface area contributed by atoms with Crippen molar-refractivity contribution in [2.45, 2.75) is 26.2 Å². The van der Waals surface area contributed by atoms with Crippen LogP contribution in [0.2, 0.25) is 0 Å². The zero-order chi connectivity index (χ0) is 12.8. The lowest BCUT2D eigenvalue weighted by atomic mass is 9.93. The van der Waals surface area contributed by atoms with Crippen molar-refractivity contribution < 1.29 is 4.79 Å². The van der Waals surface area contributed by atoms with Crippen LogP contribution in [0.25, 0.3) is 0 Å². The van der Waals surface area contributed by atoms with Gasteiger partial charge in [-0.3, -0.25) is 4.79 Å². The highest BCUT2D eigenvalue weighted by Crippen LogP contribution is 2.20. The summed E-state index contributed by atoms with van der Waals surface area (Å²) in [4.78, 5) is 16.2. The third-order valence-corrected chi connectivity index (χ3v) is 3.72. The Bertz CT molecular complexity index is 237. The molecule has 1 fully saturated rings. The SMILES string of the molecule is CC(CN)CN(C)C(=O)CC1CCN(C)CC1. The van der Waals surface area contributed by atoms with E-state index in [0.29, 0.717) is 24.8 Å². The predicted octanol–water partition coefficient (Wildman–Crippen LogP) is 0.772. The first-order valence-corrected chi connectivity index (χ1v) is 6.65. The largest absolute Gasteiger partial charge is 0.345 e. The van der Waals surface area contributed by atoms with E-state index in [2.05, 4.69) is 18.9 Å². The molecule has 1 saturated heterocycles. The summed E-state index contributed by atoms with van der Waals surface area (Å²) in [5, 5.41) is 0. The smallest absolute Gasteiger partial charge is 0.222 e. The summed E-state index contributed by atoms with van der Waals surface area (Å²) in [6.07, 6.45) is 3.02. The Morgan fingerprint density at radius 1 is 1.47 bits per heavy atom. The van der Waals surface area contributed by atoms with Crippen LogP contribution < -0.4 is 5.73 Å². The minimum absolute atomic E-state index is 0.278. The lowest BCUT2D eigenvalue weighted by Crippen LogP contribution is -2.36. The van der Waals surface area contributed by atoms with Crippen molar-refractivity contribution in [3.8, 4) is 0 Å². The van der Waals surface area contributed by atoms with Gasteiger partial charge in [-0.15, -0.1) is 0 Å². The third-order valence-electron chi connectivity index (χ3n) is 3.72. The van der Waals surface area contributed by atoms with Gasteiger partial charge in [-0.2, -0.15) is 0 Å². The Morgan fingerprint density at radius 3 is 2.59 bits per heavy atom. The number of amides is 1. The Labute approximate surface area is 105 Å². The predicted molar refractivity (Wildman–Crippen MR) is 70.7 cm³/mol. The number of carbonyl (C=O) groups excluding carboxylic acids is 1. The normalized spacial score (nSPS) is 20.2. The number of likely N-dealkylation sites (tertiary alicyclic amines) is 1. The molecule has 0 aromatic carbocycles. The molecular formula is C13H27N3O. The summed E-state index contributed by atoms with van der Waals surface area (Å²) >= 11 is 0. The molecule has 100 valence electrons. The molecule has 0 aromatic rings. The summed E-state index contributed by atoms with van der Waals surface area (Å²) in [6, 6.07) is 0. The van der Waals surface area contributed by atoms with E-state index in [-0.39, 0.29) is 5.91 Å². The molecule has 4 heteroatoms. The minimum Gasteiger partial charge on any atom is -0.345 e. The Morgan fingerprint density at radius 2 is 2.06 bits per heavy atom. The van der Waals surface area contributed by atoms with Crippen molar-refractivity contribution >= 4 is 5.91 Å². The number of nitrogens with zero attached hydrogens (tertiary/aromatic N) is 2. The van der Waals surface area contributed by atoms with E-state index in [9.17, 15) is 4.79 Å². The molecule has 1 amide bonds. The van der Waals surface area contributed by atoms with E-state index in [1.165, 1.54) is 0 Å². The first-order chi connectivity index (χ1) is 8.02. The van der Waals surface area contributed by atoms with E-state index in [1.54, 1.807) is 0 Å². The highest BCUT2D eigenvalue weighted by atomic mass is 16.2. The number of hydrogen-bond donors (Lipinski definition) is 1. The van der Waals surface area contributed by atoms with Gasteiger partial charge in [0.1, 0.15) is 0 Å². The van der Waals surface area contributed by atoms with Crippen LogP contribution in [0.1, 0.15) is 26.2 Å². The zero-order valence-corrected chi connectivity index (χ0v) is 11.5. The number of rotatable bonds is 5. The molecule has 1 unspecified atom stereocenters. The second-order valence-electron chi connectivity index (χ2n) is 5.57. The van der Waals surface area contributed by atoms with Crippen LogP contribution in [0.4, 0.5) is 0 Å². The number of carbonyl (C=O) groups is 1. The lowest BCUT2D eigenvalue weighted by Gasteiger charge is -2.30. The van der Waals surface area contributed by atoms with Gasteiger partial charge in [-0.05, 0) is 51.4 Å². The van der Waals surface area contributed by atoms with Gasteiger partial charge in [0.25, 0.3) is 0 Å². The maximum absolute atomic E-state index is 12.0. The molecule has 4 nitrogen and oxygen atoms in total. The van der Waals surface area contributed by atoms with Crippen LogP contribution in [0.15, 0.2) is 0 Å². The summed E-state index contributed by atoms with van der Waals surface area (Å²) in [6.45, 7) is 5.76. The van der Waals surface area contributed by atoms with Crippen molar-refractivity contribution in [3.63, 3.8) is 0 Å². The fraction of sp³-hybridized carbons (Fsp3) is 0.923. The summed E-state index contributed by atoms with van der Waals surface area (Å²) in [5.41, 5.74) is 5.58. The quantitative estimate of drug-likeness (QED) is 0.773. The van der Waals surface area contributed by atoms with Crippen molar-refractivity contribution in [2.75, 3.05) is 40.3 Å². The first kappa shape index (κ1) is 14.5. The Hall–Kier alpha value is -0.610. The van der Waals surface area contributed by atoms with Crippen molar-refractivity contribution in [1.29, 1.82) is 0 Å². The van der Waals surface area contributed by atoms with Crippen LogP contribution >= 0.6 is 0 Å². The first-order valence-electron chi connectivity index (χ1n) is 6.65. The van der Waals surface area contributed by atoms with Gasteiger partial charge in [0.2, 0.25) is 5.91 Å².